The Labute approximate surface area is 113 Å². The van der Waals surface area contributed by atoms with E-state index in [1.807, 2.05) is 11.8 Å². The third-order valence-electron chi connectivity index (χ3n) is 3.99. The first-order valence-electron chi connectivity index (χ1n) is 6.97. The molecule has 2 nitrogen and oxygen atoms in total. The molecular weight excluding hydrogens is 228 g/mol. The summed E-state index contributed by atoms with van der Waals surface area (Å²) in [6, 6.07) is 0.653. The molecule has 0 aliphatic carbocycles. The fourth-order valence-electron chi connectivity index (χ4n) is 2.31. The van der Waals surface area contributed by atoms with Gasteiger partial charge in [0.1, 0.15) is 0 Å². The summed E-state index contributed by atoms with van der Waals surface area (Å²) in [5.41, 5.74) is 6.20. The predicted molar refractivity (Wildman–Crippen MR) is 81.8 cm³/mol. The summed E-state index contributed by atoms with van der Waals surface area (Å²) < 4.78 is 0. The van der Waals surface area contributed by atoms with Gasteiger partial charge in [-0.2, -0.15) is 11.8 Å². The molecule has 3 heteroatoms. The SMILES string of the molecule is CCCCCC(C)(CN)N(C)C(CC)CSC. The van der Waals surface area contributed by atoms with Crippen molar-refractivity contribution in [1.29, 1.82) is 0 Å². The summed E-state index contributed by atoms with van der Waals surface area (Å²) >= 11 is 1.94. The zero-order valence-electron chi connectivity index (χ0n) is 12.5. The highest BCUT2D eigenvalue weighted by Crippen LogP contribution is 2.24. The van der Waals surface area contributed by atoms with Crippen LogP contribution >= 0.6 is 11.8 Å². The minimum absolute atomic E-state index is 0.172. The van der Waals surface area contributed by atoms with E-state index in [-0.39, 0.29) is 5.54 Å². The van der Waals surface area contributed by atoms with Gasteiger partial charge in [-0.05, 0) is 33.1 Å². The van der Waals surface area contributed by atoms with E-state index in [1.165, 1.54) is 37.9 Å². The van der Waals surface area contributed by atoms with E-state index < -0.39 is 0 Å². The van der Waals surface area contributed by atoms with Gasteiger partial charge in [-0.15, -0.1) is 0 Å². The molecule has 104 valence electrons. The second-order valence-electron chi connectivity index (χ2n) is 5.29. The van der Waals surface area contributed by atoms with Crippen LogP contribution in [0.2, 0.25) is 0 Å². The Morgan fingerprint density at radius 1 is 1.29 bits per heavy atom. The van der Waals surface area contributed by atoms with Gasteiger partial charge in [-0.25, -0.2) is 0 Å². The molecule has 2 atom stereocenters. The van der Waals surface area contributed by atoms with Gasteiger partial charge in [0.2, 0.25) is 0 Å². The molecule has 0 spiro atoms. The van der Waals surface area contributed by atoms with Crippen LogP contribution in [0.3, 0.4) is 0 Å². The minimum Gasteiger partial charge on any atom is -0.329 e. The van der Waals surface area contributed by atoms with E-state index >= 15 is 0 Å². The molecule has 0 rings (SSSR count). The molecule has 2 unspecified atom stereocenters. The molecule has 0 radical (unpaired) electrons. The Morgan fingerprint density at radius 2 is 1.94 bits per heavy atom. The zero-order valence-corrected chi connectivity index (χ0v) is 13.3. The van der Waals surface area contributed by atoms with Crippen LogP contribution < -0.4 is 5.73 Å². The summed E-state index contributed by atoms with van der Waals surface area (Å²) in [6.45, 7) is 7.62. The Hall–Kier alpha value is 0.270. The number of thioether (sulfide) groups is 1. The summed E-state index contributed by atoms with van der Waals surface area (Å²) in [6.07, 6.45) is 8.52. The standard InChI is InChI=1S/C14H32N2S/c1-6-8-9-10-14(3,12-15)16(4)13(7-2)11-17-5/h13H,6-12,15H2,1-5H3. The van der Waals surface area contributed by atoms with Crippen LogP contribution in [0.25, 0.3) is 0 Å². The highest BCUT2D eigenvalue weighted by atomic mass is 32.2. The molecule has 0 aromatic carbocycles. The number of likely N-dealkylation sites (N-methyl/N-ethyl adjacent to an activating group) is 1. The summed E-state index contributed by atoms with van der Waals surface area (Å²) in [5, 5.41) is 0. The maximum Gasteiger partial charge on any atom is 0.0303 e. The number of unbranched alkanes of at least 4 members (excludes halogenated alkanes) is 2. The zero-order chi connectivity index (χ0) is 13.3. The lowest BCUT2D eigenvalue weighted by Gasteiger charge is -2.43. The first kappa shape index (κ1) is 17.3. The number of nitrogens with two attached hydrogens (primary N) is 1. The highest BCUT2D eigenvalue weighted by Gasteiger charge is 2.31. The lowest BCUT2D eigenvalue weighted by Crippen LogP contribution is -2.54. The van der Waals surface area contributed by atoms with Crippen LogP contribution in [0.1, 0.15) is 52.9 Å². The average Bonchev–Trinajstić information content (AvgIpc) is 2.35. The van der Waals surface area contributed by atoms with Crippen molar-refractivity contribution >= 4 is 11.8 Å². The van der Waals surface area contributed by atoms with E-state index in [9.17, 15) is 0 Å². The Balaban J connectivity index is 4.46. The quantitative estimate of drug-likeness (QED) is 0.611. The van der Waals surface area contributed by atoms with Crippen LogP contribution in [-0.4, -0.2) is 42.1 Å². The van der Waals surface area contributed by atoms with Crippen LogP contribution in [0.5, 0.6) is 0 Å². The van der Waals surface area contributed by atoms with E-state index in [1.54, 1.807) is 0 Å². The predicted octanol–water partition coefficient (Wildman–Crippen LogP) is 3.36. The van der Waals surface area contributed by atoms with Crippen LogP contribution in [0.4, 0.5) is 0 Å². The second kappa shape index (κ2) is 9.23. The smallest absolute Gasteiger partial charge is 0.0303 e. The molecule has 0 bridgehead atoms. The molecule has 17 heavy (non-hydrogen) atoms. The first-order chi connectivity index (χ1) is 8.05. The van der Waals surface area contributed by atoms with E-state index in [0.29, 0.717) is 6.04 Å². The number of rotatable bonds is 10. The first-order valence-corrected chi connectivity index (χ1v) is 8.37. The number of hydrogen-bond acceptors (Lipinski definition) is 3. The van der Waals surface area contributed by atoms with Crippen molar-refractivity contribution < 1.29 is 0 Å². The van der Waals surface area contributed by atoms with Gasteiger partial charge in [-0.1, -0.05) is 33.1 Å². The average molecular weight is 260 g/mol. The van der Waals surface area contributed by atoms with Crippen LogP contribution in [0.15, 0.2) is 0 Å². The fourth-order valence-corrected chi connectivity index (χ4v) is 3.16. The summed E-state index contributed by atoms with van der Waals surface area (Å²) in [5.74, 6) is 1.20. The Bertz CT molecular complexity index is 187. The maximum absolute atomic E-state index is 6.03. The van der Waals surface area contributed by atoms with Crippen LogP contribution in [0, 0.1) is 0 Å². The third-order valence-corrected chi connectivity index (χ3v) is 4.71. The largest absolute Gasteiger partial charge is 0.329 e. The summed E-state index contributed by atoms with van der Waals surface area (Å²) in [4.78, 5) is 2.53. The van der Waals surface area contributed by atoms with Gasteiger partial charge in [0.15, 0.2) is 0 Å². The Kier molecular flexibility index (Phi) is 9.38. The summed E-state index contributed by atoms with van der Waals surface area (Å²) in [7, 11) is 2.25. The maximum atomic E-state index is 6.03. The van der Waals surface area contributed by atoms with Crippen molar-refractivity contribution in [2.24, 2.45) is 5.73 Å². The lowest BCUT2D eigenvalue weighted by molar-refractivity contribution is 0.0895. The van der Waals surface area contributed by atoms with Crippen molar-refractivity contribution in [1.82, 2.24) is 4.90 Å². The molecule has 0 heterocycles. The lowest BCUT2D eigenvalue weighted by atomic mass is 9.91. The van der Waals surface area contributed by atoms with Crippen molar-refractivity contribution in [3.05, 3.63) is 0 Å². The molecule has 0 aliphatic rings. The van der Waals surface area contributed by atoms with E-state index in [0.717, 1.165) is 6.54 Å². The molecule has 2 N–H and O–H groups in total. The van der Waals surface area contributed by atoms with Crippen LogP contribution in [-0.2, 0) is 0 Å². The van der Waals surface area contributed by atoms with Gasteiger partial charge in [0.25, 0.3) is 0 Å². The molecule has 0 saturated carbocycles. The minimum atomic E-state index is 0.172. The number of hydrogen-bond donors (Lipinski definition) is 1. The topological polar surface area (TPSA) is 29.3 Å². The van der Waals surface area contributed by atoms with Crippen molar-refractivity contribution in [3.63, 3.8) is 0 Å². The fraction of sp³-hybridized carbons (Fsp3) is 1.00. The van der Waals surface area contributed by atoms with Gasteiger partial charge >= 0.3 is 0 Å². The normalized spacial score (nSPS) is 17.1. The van der Waals surface area contributed by atoms with Gasteiger partial charge < -0.3 is 5.73 Å². The van der Waals surface area contributed by atoms with Crippen molar-refractivity contribution in [2.45, 2.75) is 64.5 Å². The molecule has 0 saturated heterocycles. The molecule has 0 amide bonds. The third kappa shape index (κ3) is 5.62. The van der Waals surface area contributed by atoms with E-state index in [4.69, 9.17) is 5.73 Å². The van der Waals surface area contributed by atoms with Crippen molar-refractivity contribution in [2.75, 3.05) is 25.6 Å². The molecule has 0 aromatic rings. The van der Waals surface area contributed by atoms with E-state index in [2.05, 4.69) is 39.0 Å². The van der Waals surface area contributed by atoms with Gasteiger partial charge in [0, 0.05) is 23.9 Å². The van der Waals surface area contributed by atoms with Gasteiger partial charge in [-0.3, -0.25) is 4.90 Å². The second-order valence-corrected chi connectivity index (χ2v) is 6.20. The molecule has 0 aliphatic heterocycles. The monoisotopic (exact) mass is 260 g/mol. The highest BCUT2D eigenvalue weighted by molar-refractivity contribution is 7.98. The Morgan fingerprint density at radius 3 is 2.35 bits per heavy atom. The molecule has 0 aromatic heterocycles. The molecule has 0 fully saturated rings. The number of nitrogens with zero attached hydrogens (tertiary/aromatic N) is 1. The van der Waals surface area contributed by atoms with Crippen molar-refractivity contribution in [3.8, 4) is 0 Å². The van der Waals surface area contributed by atoms with Gasteiger partial charge in [0.05, 0.1) is 0 Å². The molecular formula is C14H32N2S.